The van der Waals surface area contributed by atoms with Crippen molar-refractivity contribution in [2.45, 2.75) is 20.4 Å². The first kappa shape index (κ1) is 11.7. The van der Waals surface area contributed by atoms with Crippen LogP contribution in [-0.4, -0.2) is 17.3 Å². The molecule has 0 saturated heterocycles. The maximum Gasteiger partial charge on any atom is 0.122 e. The van der Waals surface area contributed by atoms with Gasteiger partial charge in [0.15, 0.2) is 0 Å². The minimum atomic E-state index is 0.482. The molecule has 0 aliphatic carbocycles. The highest BCUT2D eigenvalue weighted by molar-refractivity contribution is 5.68. The third kappa shape index (κ3) is 2.03. The summed E-state index contributed by atoms with van der Waals surface area (Å²) in [6, 6.07) is 4.13. The minimum absolute atomic E-state index is 0.482. The van der Waals surface area contributed by atoms with Crippen molar-refractivity contribution < 1.29 is 4.74 Å². The van der Waals surface area contributed by atoms with E-state index in [1.54, 1.807) is 13.3 Å². The Hall–Kier alpha value is -1.81. The van der Waals surface area contributed by atoms with Crippen LogP contribution in [-0.2, 0) is 6.54 Å². The van der Waals surface area contributed by atoms with Crippen LogP contribution in [0.15, 0.2) is 18.3 Å². The van der Waals surface area contributed by atoms with Gasteiger partial charge in [-0.05, 0) is 37.1 Å². The van der Waals surface area contributed by atoms with Crippen molar-refractivity contribution in [3.05, 3.63) is 35.0 Å². The van der Waals surface area contributed by atoms with E-state index in [4.69, 9.17) is 10.5 Å². The minimum Gasteiger partial charge on any atom is -0.496 e. The summed E-state index contributed by atoms with van der Waals surface area (Å²) in [5.41, 5.74) is 11.1. The third-order valence-electron chi connectivity index (χ3n) is 2.95. The Morgan fingerprint density at radius 1 is 1.29 bits per heavy atom. The van der Waals surface area contributed by atoms with Gasteiger partial charge >= 0.3 is 0 Å². The number of rotatable bonds is 3. The fourth-order valence-corrected chi connectivity index (χ4v) is 1.98. The van der Waals surface area contributed by atoms with Gasteiger partial charge in [-0.2, -0.15) is 5.10 Å². The molecule has 0 aliphatic heterocycles. The molecule has 0 spiro atoms. The van der Waals surface area contributed by atoms with E-state index >= 15 is 0 Å². The van der Waals surface area contributed by atoms with Crippen LogP contribution >= 0.6 is 0 Å². The molecule has 90 valence electrons. The van der Waals surface area contributed by atoms with E-state index in [1.165, 1.54) is 0 Å². The highest BCUT2D eigenvalue weighted by Gasteiger charge is 2.11. The second-order valence-corrected chi connectivity index (χ2v) is 4.11. The predicted octanol–water partition coefficient (Wildman–Crippen LogP) is 2.16. The largest absolute Gasteiger partial charge is 0.496 e. The van der Waals surface area contributed by atoms with Crippen molar-refractivity contribution in [1.82, 2.24) is 10.2 Å². The Bertz CT molecular complexity index is 531. The number of aryl methyl sites for hydroxylation is 2. The molecule has 0 unspecified atom stereocenters. The monoisotopic (exact) mass is 231 g/mol. The van der Waals surface area contributed by atoms with Gasteiger partial charge in [-0.3, -0.25) is 5.10 Å². The van der Waals surface area contributed by atoms with Crippen molar-refractivity contribution in [3.8, 4) is 17.0 Å². The van der Waals surface area contributed by atoms with E-state index in [0.717, 1.165) is 33.7 Å². The Kier molecular flexibility index (Phi) is 3.15. The first-order chi connectivity index (χ1) is 8.17. The van der Waals surface area contributed by atoms with Crippen LogP contribution in [0.5, 0.6) is 5.75 Å². The summed E-state index contributed by atoms with van der Waals surface area (Å²) in [6.45, 7) is 4.56. The van der Waals surface area contributed by atoms with Gasteiger partial charge < -0.3 is 10.5 Å². The lowest BCUT2D eigenvalue weighted by molar-refractivity contribution is 0.411. The molecule has 1 aromatic heterocycles. The summed E-state index contributed by atoms with van der Waals surface area (Å²) in [5, 5.41) is 7.05. The number of nitrogens with two attached hydrogens (primary N) is 1. The summed E-state index contributed by atoms with van der Waals surface area (Å²) in [5.74, 6) is 0.903. The number of hydrogen-bond donors (Lipinski definition) is 2. The van der Waals surface area contributed by atoms with Crippen molar-refractivity contribution in [3.63, 3.8) is 0 Å². The molecule has 1 aromatic carbocycles. The van der Waals surface area contributed by atoms with Crippen molar-refractivity contribution in [1.29, 1.82) is 0 Å². The molecule has 3 N–H and O–H groups in total. The highest BCUT2D eigenvalue weighted by atomic mass is 16.5. The summed E-state index contributed by atoms with van der Waals surface area (Å²) in [4.78, 5) is 0. The molecule has 0 atom stereocenters. The maximum atomic E-state index is 5.69. The fourth-order valence-electron chi connectivity index (χ4n) is 1.98. The summed E-state index contributed by atoms with van der Waals surface area (Å²) in [7, 11) is 1.68. The van der Waals surface area contributed by atoms with Crippen molar-refractivity contribution >= 4 is 0 Å². The lowest BCUT2D eigenvalue weighted by Crippen LogP contribution is -1.98. The van der Waals surface area contributed by atoms with Gasteiger partial charge in [0.05, 0.1) is 19.0 Å². The van der Waals surface area contributed by atoms with Gasteiger partial charge in [0.2, 0.25) is 0 Å². The van der Waals surface area contributed by atoms with Crippen molar-refractivity contribution in [2.75, 3.05) is 7.11 Å². The first-order valence-corrected chi connectivity index (χ1v) is 5.55. The second-order valence-electron chi connectivity index (χ2n) is 4.11. The molecular formula is C13H17N3O. The predicted molar refractivity (Wildman–Crippen MR) is 67.9 cm³/mol. The van der Waals surface area contributed by atoms with Gasteiger partial charge in [0.1, 0.15) is 5.75 Å². The molecule has 0 saturated carbocycles. The molecule has 0 bridgehead atoms. The lowest BCUT2D eigenvalue weighted by Gasteiger charge is -2.11. The zero-order valence-corrected chi connectivity index (χ0v) is 10.4. The molecular weight excluding hydrogens is 214 g/mol. The number of benzene rings is 1. The molecule has 0 fully saturated rings. The van der Waals surface area contributed by atoms with Gasteiger partial charge in [-0.15, -0.1) is 0 Å². The smallest absolute Gasteiger partial charge is 0.122 e. The van der Waals surface area contributed by atoms with Gasteiger partial charge in [0.25, 0.3) is 0 Å². The molecule has 0 amide bonds. The summed E-state index contributed by atoms with van der Waals surface area (Å²) in [6.07, 6.45) is 1.77. The second kappa shape index (κ2) is 4.59. The molecule has 0 aliphatic rings. The third-order valence-corrected chi connectivity index (χ3v) is 2.95. The van der Waals surface area contributed by atoms with E-state index in [0.29, 0.717) is 6.54 Å². The maximum absolute atomic E-state index is 5.69. The molecule has 2 rings (SSSR count). The topological polar surface area (TPSA) is 63.9 Å². The van der Waals surface area contributed by atoms with Crippen LogP contribution in [0.2, 0.25) is 0 Å². The molecule has 17 heavy (non-hydrogen) atoms. The Balaban J connectivity index is 2.56. The van der Waals surface area contributed by atoms with Crippen LogP contribution in [0.25, 0.3) is 11.3 Å². The lowest BCUT2D eigenvalue weighted by atomic mass is 9.99. The molecule has 2 aromatic rings. The standard InChI is InChI=1S/C13H17N3O/c1-8-5-12(17-3)9(2)4-11(8)13-10(6-14)7-15-16-13/h4-5,7H,6,14H2,1-3H3,(H,15,16). The van der Waals surface area contributed by atoms with Crippen molar-refractivity contribution in [2.24, 2.45) is 5.73 Å². The summed E-state index contributed by atoms with van der Waals surface area (Å²) < 4.78 is 5.30. The zero-order valence-electron chi connectivity index (χ0n) is 10.4. The average Bonchev–Trinajstić information content (AvgIpc) is 2.79. The van der Waals surface area contributed by atoms with Gasteiger partial charge in [-0.25, -0.2) is 0 Å². The van der Waals surface area contributed by atoms with Crippen LogP contribution in [0, 0.1) is 13.8 Å². The van der Waals surface area contributed by atoms with Gasteiger partial charge in [0, 0.05) is 17.7 Å². The Morgan fingerprint density at radius 2 is 2.06 bits per heavy atom. The number of ether oxygens (including phenoxy) is 1. The number of nitrogens with one attached hydrogen (secondary N) is 1. The van der Waals surface area contributed by atoms with E-state index < -0.39 is 0 Å². The van der Waals surface area contributed by atoms with Crippen LogP contribution in [0.3, 0.4) is 0 Å². The van der Waals surface area contributed by atoms with E-state index in [-0.39, 0.29) is 0 Å². The Morgan fingerprint density at radius 3 is 2.71 bits per heavy atom. The van der Waals surface area contributed by atoms with E-state index in [1.807, 2.05) is 13.0 Å². The molecule has 4 heteroatoms. The number of nitrogens with zero attached hydrogens (tertiary/aromatic N) is 1. The van der Waals surface area contributed by atoms with E-state index in [9.17, 15) is 0 Å². The number of aromatic amines is 1. The zero-order chi connectivity index (χ0) is 12.4. The Labute approximate surface area is 101 Å². The molecule has 1 heterocycles. The van der Waals surface area contributed by atoms with E-state index in [2.05, 4.69) is 23.2 Å². The van der Waals surface area contributed by atoms with Crippen LogP contribution in [0.1, 0.15) is 16.7 Å². The average molecular weight is 231 g/mol. The fraction of sp³-hybridized carbons (Fsp3) is 0.308. The number of hydrogen-bond acceptors (Lipinski definition) is 3. The normalized spacial score (nSPS) is 10.6. The van der Waals surface area contributed by atoms with Gasteiger partial charge in [-0.1, -0.05) is 0 Å². The molecule has 0 radical (unpaired) electrons. The van der Waals surface area contributed by atoms with Crippen LogP contribution in [0.4, 0.5) is 0 Å². The number of aromatic nitrogens is 2. The first-order valence-electron chi connectivity index (χ1n) is 5.55. The number of H-pyrrole nitrogens is 1. The quantitative estimate of drug-likeness (QED) is 0.850. The SMILES string of the molecule is COc1cc(C)c(-c2[nH]ncc2CN)cc1C. The summed E-state index contributed by atoms with van der Waals surface area (Å²) >= 11 is 0. The van der Waals surface area contributed by atoms with Crippen LogP contribution < -0.4 is 10.5 Å². The molecule has 4 nitrogen and oxygen atoms in total. The highest BCUT2D eigenvalue weighted by Crippen LogP contribution is 2.30. The number of methoxy groups -OCH3 is 1.